The molecule has 72 valence electrons. The van der Waals surface area contributed by atoms with E-state index >= 15 is 0 Å². The Kier molecular flexibility index (Phi) is 3.07. The molecular formula is C11H17NO. The van der Waals surface area contributed by atoms with Crippen LogP contribution < -0.4 is 5.90 Å². The Balaban J connectivity index is 3.12. The molecule has 0 atom stereocenters. The maximum atomic E-state index is 5.26. The molecule has 0 heterocycles. The van der Waals surface area contributed by atoms with Crippen molar-refractivity contribution < 1.29 is 4.84 Å². The second-order valence-corrected chi connectivity index (χ2v) is 3.64. The minimum absolute atomic E-state index is 0.396. The van der Waals surface area contributed by atoms with E-state index in [1.165, 1.54) is 11.1 Å². The first-order chi connectivity index (χ1) is 6.11. The van der Waals surface area contributed by atoms with Crippen LogP contribution in [0.2, 0.25) is 0 Å². The second-order valence-electron chi connectivity index (χ2n) is 3.64. The summed E-state index contributed by atoms with van der Waals surface area (Å²) in [4.78, 5) is 4.97. The van der Waals surface area contributed by atoms with Crippen LogP contribution in [0.5, 0.6) is 0 Å². The van der Waals surface area contributed by atoms with Crippen LogP contribution in [0.1, 0.15) is 31.9 Å². The number of benzene rings is 1. The topological polar surface area (TPSA) is 35.2 Å². The third-order valence-electron chi connectivity index (χ3n) is 2.34. The van der Waals surface area contributed by atoms with Crippen molar-refractivity contribution in [1.82, 2.24) is 0 Å². The van der Waals surface area contributed by atoms with Gasteiger partial charge in [-0.3, -0.25) is 4.84 Å². The average Bonchev–Trinajstić information content (AvgIpc) is 2.18. The third kappa shape index (κ3) is 2.08. The first-order valence-electron chi connectivity index (χ1n) is 4.58. The molecule has 2 heteroatoms. The van der Waals surface area contributed by atoms with Gasteiger partial charge in [0.05, 0.1) is 0 Å². The van der Waals surface area contributed by atoms with Crippen molar-refractivity contribution in [1.29, 1.82) is 0 Å². The van der Waals surface area contributed by atoms with E-state index < -0.39 is 5.60 Å². The third-order valence-corrected chi connectivity index (χ3v) is 2.34. The van der Waals surface area contributed by atoms with Gasteiger partial charge in [0.1, 0.15) is 5.60 Å². The van der Waals surface area contributed by atoms with Gasteiger partial charge in [-0.05, 0) is 31.4 Å². The zero-order valence-corrected chi connectivity index (χ0v) is 8.50. The van der Waals surface area contributed by atoms with Crippen LogP contribution in [0.4, 0.5) is 0 Å². The molecule has 1 rings (SSSR count). The Bertz CT molecular complexity index is 281. The van der Waals surface area contributed by atoms with Gasteiger partial charge >= 0.3 is 0 Å². The van der Waals surface area contributed by atoms with Gasteiger partial charge in [-0.25, -0.2) is 5.90 Å². The summed E-state index contributed by atoms with van der Waals surface area (Å²) in [6.45, 7) is 6.08. The standard InChI is InChI=1S/C11H17NO/c1-4-9-7-5-6-8-10(9)11(2,3)13-12/h5-8H,4,12H2,1-3H3. The van der Waals surface area contributed by atoms with Crippen LogP contribution in [-0.4, -0.2) is 0 Å². The summed E-state index contributed by atoms with van der Waals surface area (Å²) in [6.07, 6.45) is 1.00. The zero-order chi connectivity index (χ0) is 9.90. The van der Waals surface area contributed by atoms with E-state index in [1.54, 1.807) is 0 Å². The van der Waals surface area contributed by atoms with E-state index in [9.17, 15) is 0 Å². The van der Waals surface area contributed by atoms with E-state index in [0.717, 1.165) is 6.42 Å². The van der Waals surface area contributed by atoms with Crippen molar-refractivity contribution in [2.24, 2.45) is 5.90 Å². The summed E-state index contributed by atoms with van der Waals surface area (Å²) in [5, 5.41) is 0. The van der Waals surface area contributed by atoms with Gasteiger partial charge in [0.15, 0.2) is 0 Å². The summed E-state index contributed by atoms with van der Waals surface area (Å²) < 4.78 is 0. The molecule has 1 aromatic rings. The van der Waals surface area contributed by atoms with Gasteiger partial charge in [-0.2, -0.15) is 0 Å². The Hall–Kier alpha value is -0.860. The average molecular weight is 179 g/mol. The van der Waals surface area contributed by atoms with Crippen molar-refractivity contribution in [3.05, 3.63) is 35.4 Å². The van der Waals surface area contributed by atoms with Gasteiger partial charge < -0.3 is 0 Å². The molecule has 0 aromatic heterocycles. The van der Waals surface area contributed by atoms with Crippen LogP contribution >= 0.6 is 0 Å². The van der Waals surface area contributed by atoms with Crippen LogP contribution in [0, 0.1) is 0 Å². The van der Waals surface area contributed by atoms with E-state index in [4.69, 9.17) is 10.7 Å². The highest BCUT2D eigenvalue weighted by Gasteiger charge is 2.22. The second kappa shape index (κ2) is 3.90. The fraction of sp³-hybridized carbons (Fsp3) is 0.455. The lowest BCUT2D eigenvalue weighted by Crippen LogP contribution is -2.26. The molecule has 2 nitrogen and oxygen atoms in total. The van der Waals surface area contributed by atoms with Crippen LogP contribution in [-0.2, 0) is 16.9 Å². The fourth-order valence-corrected chi connectivity index (χ4v) is 1.48. The fourth-order valence-electron chi connectivity index (χ4n) is 1.48. The Morgan fingerprint density at radius 3 is 2.46 bits per heavy atom. The highest BCUT2D eigenvalue weighted by atomic mass is 16.6. The number of nitrogens with two attached hydrogens (primary N) is 1. The summed E-state index contributed by atoms with van der Waals surface area (Å²) in [5.41, 5.74) is 2.06. The molecule has 0 saturated carbocycles. The first-order valence-corrected chi connectivity index (χ1v) is 4.58. The molecule has 1 aromatic carbocycles. The molecule has 0 saturated heterocycles. The Morgan fingerprint density at radius 2 is 1.92 bits per heavy atom. The number of hydrogen-bond acceptors (Lipinski definition) is 2. The normalized spacial score (nSPS) is 11.7. The van der Waals surface area contributed by atoms with Crippen molar-refractivity contribution in [2.45, 2.75) is 32.8 Å². The van der Waals surface area contributed by atoms with Crippen LogP contribution in [0.15, 0.2) is 24.3 Å². The summed E-state index contributed by atoms with van der Waals surface area (Å²) in [7, 11) is 0. The Morgan fingerprint density at radius 1 is 1.31 bits per heavy atom. The van der Waals surface area contributed by atoms with Crippen LogP contribution in [0.25, 0.3) is 0 Å². The molecule has 0 unspecified atom stereocenters. The van der Waals surface area contributed by atoms with Gasteiger partial charge in [0, 0.05) is 0 Å². The summed E-state index contributed by atoms with van der Waals surface area (Å²) >= 11 is 0. The highest BCUT2D eigenvalue weighted by Crippen LogP contribution is 2.26. The molecule has 0 spiro atoms. The van der Waals surface area contributed by atoms with Gasteiger partial charge in [0.2, 0.25) is 0 Å². The van der Waals surface area contributed by atoms with Gasteiger partial charge in [-0.15, -0.1) is 0 Å². The van der Waals surface area contributed by atoms with Gasteiger partial charge in [0.25, 0.3) is 0 Å². The molecule has 13 heavy (non-hydrogen) atoms. The van der Waals surface area contributed by atoms with Crippen molar-refractivity contribution in [3.63, 3.8) is 0 Å². The van der Waals surface area contributed by atoms with Crippen molar-refractivity contribution in [2.75, 3.05) is 0 Å². The largest absolute Gasteiger partial charge is 0.294 e. The number of aryl methyl sites for hydroxylation is 1. The monoisotopic (exact) mass is 179 g/mol. The number of rotatable bonds is 3. The van der Waals surface area contributed by atoms with E-state index in [0.29, 0.717) is 0 Å². The lowest BCUT2D eigenvalue weighted by molar-refractivity contribution is -0.0242. The van der Waals surface area contributed by atoms with E-state index in [2.05, 4.69) is 19.1 Å². The lowest BCUT2D eigenvalue weighted by atomic mass is 9.92. The Labute approximate surface area is 79.7 Å². The molecule has 0 bridgehead atoms. The van der Waals surface area contributed by atoms with Crippen molar-refractivity contribution in [3.8, 4) is 0 Å². The zero-order valence-electron chi connectivity index (χ0n) is 8.50. The quantitative estimate of drug-likeness (QED) is 0.723. The molecule has 0 fully saturated rings. The van der Waals surface area contributed by atoms with E-state index in [1.807, 2.05) is 26.0 Å². The molecule has 0 radical (unpaired) electrons. The van der Waals surface area contributed by atoms with Crippen molar-refractivity contribution >= 4 is 0 Å². The minimum atomic E-state index is -0.396. The first kappa shape index (κ1) is 10.2. The molecule has 0 aliphatic carbocycles. The predicted molar refractivity (Wildman–Crippen MR) is 54.1 cm³/mol. The molecule has 2 N–H and O–H groups in total. The minimum Gasteiger partial charge on any atom is -0.294 e. The SMILES string of the molecule is CCc1ccccc1C(C)(C)ON. The maximum Gasteiger partial charge on any atom is 0.109 e. The molecule has 0 amide bonds. The predicted octanol–water partition coefficient (Wildman–Crippen LogP) is 2.37. The molecule has 0 aliphatic rings. The molecule has 0 aliphatic heterocycles. The van der Waals surface area contributed by atoms with Crippen LogP contribution in [0.3, 0.4) is 0 Å². The summed E-state index contributed by atoms with van der Waals surface area (Å²) in [6, 6.07) is 8.21. The lowest BCUT2D eigenvalue weighted by Gasteiger charge is -2.24. The maximum absolute atomic E-state index is 5.26. The summed E-state index contributed by atoms with van der Waals surface area (Å²) in [5.74, 6) is 5.26. The molecular weight excluding hydrogens is 162 g/mol. The van der Waals surface area contributed by atoms with Gasteiger partial charge in [-0.1, -0.05) is 31.2 Å². The number of hydrogen-bond donors (Lipinski definition) is 1. The highest BCUT2D eigenvalue weighted by molar-refractivity contribution is 5.31. The smallest absolute Gasteiger partial charge is 0.109 e. The van der Waals surface area contributed by atoms with E-state index in [-0.39, 0.29) is 0 Å².